The molecule has 0 aliphatic rings. The molecule has 0 saturated heterocycles. The molecule has 6 heteroatoms. The average Bonchev–Trinajstić information content (AvgIpc) is 2.39. The first-order valence-corrected chi connectivity index (χ1v) is 7.42. The molecule has 0 heterocycles. The number of nitrogens with one attached hydrogen (secondary N) is 2. The molecule has 1 rings (SSSR count). The smallest absolute Gasteiger partial charge is 0.407 e. The molecule has 22 heavy (non-hydrogen) atoms. The van der Waals surface area contributed by atoms with E-state index in [1.54, 1.807) is 32.9 Å². The van der Waals surface area contributed by atoms with Crippen LogP contribution in [0.3, 0.4) is 0 Å². The van der Waals surface area contributed by atoms with E-state index in [0.717, 1.165) is 0 Å². The number of alkyl carbamates (subject to hydrolysis) is 1. The largest absolute Gasteiger partial charge is 0.444 e. The molecule has 0 atom stereocenters. The van der Waals surface area contributed by atoms with Crippen LogP contribution >= 0.6 is 11.6 Å². The van der Waals surface area contributed by atoms with Gasteiger partial charge in [-0.05, 0) is 39.0 Å². The summed E-state index contributed by atoms with van der Waals surface area (Å²) in [5.41, 5.74) is 0.0175. The standard InChI is InChI=1S/C16H22ClFN2O2/c1-16(2,3)22-15(21)20-9-5-4-8-19-11-12-10-13(17)6-7-14(12)18/h4-7,10,19H,8-9,11H2,1-3H3,(H,20,21)/b5-4+. The third kappa shape index (κ3) is 8.00. The van der Waals surface area contributed by atoms with Crippen molar-refractivity contribution >= 4 is 17.7 Å². The summed E-state index contributed by atoms with van der Waals surface area (Å²) >= 11 is 5.81. The van der Waals surface area contributed by atoms with Crippen molar-refractivity contribution in [1.82, 2.24) is 10.6 Å². The number of carbonyl (C=O) groups excluding carboxylic acids is 1. The Labute approximate surface area is 135 Å². The quantitative estimate of drug-likeness (QED) is 0.619. The number of hydrogen-bond donors (Lipinski definition) is 2. The highest BCUT2D eigenvalue weighted by molar-refractivity contribution is 6.30. The van der Waals surface area contributed by atoms with Gasteiger partial charge in [0.05, 0.1) is 0 Å². The number of rotatable bonds is 6. The van der Waals surface area contributed by atoms with Crippen LogP contribution in [0.4, 0.5) is 9.18 Å². The van der Waals surface area contributed by atoms with Gasteiger partial charge in [0.1, 0.15) is 11.4 Å². The summed E-state index contributed by atoms with van der Waals surface area (Å²) < 4.78 is 18.5. The molecule has 1 aromatic carbocycles. The van der Waals surface area contributed by atoms with Crippen LogP contribution in [-0.4, -0.2) is 24.8 Å². The molecule has 0 aliphatic heterocycles. The Morgan fingerprint density at radius 2 is 2.00 bits per heavy atom. The predicted octanol–water partition coefficient (Wildman–Crippen LogP) is 3.65. The van der Waals surface area contributed by atoms with Crippen LogP contribution in [0.1, 0.15) is 26.3 Å². The maximum atomic E-state index is 13.4. The predicted molar refractivity (Wildman–Crippen MR) is 86.5 cm³/mol. The van der Waals surface area contributed by atoms with Crippen LogP contribution in [0.2, 0.25) is 5.02 Å². The van der Waals surface area contributed by atoms with Gasteiger partial charge in [0.2, 0.25) is 0 Å². The molecule has 0 unspecified atom stereocenters. The van der Waals surface area contributed by atoms with Gasteiger partial charge in [-0.15, -0.1) is 0 Å². The highest BCUT2D eigenvalue weighted by Gasteiger charge is 2.14. The fraction of sp³-hybridized carbons (Fsp3) is 0.438. The Bertz CT molecular complexity index is 527. The molecule has 2 N–H and O–H groups in total. The zero-order valence-electron chi connectivity index (χ0n) is 13.1. The molecule has 0 saturated carbocycles. The monoisotopic (exact) mass is 328 g/mol. The second-order valence-corrected chi connectivity index (χ2v) is 6.16. The first-order valence-electron chi connectivity index (χ1n) is 7.04. The van der Waals surface area contributed by atoms with E-state index in [0.29, 0.717) is 30.2 Å². The number of hydrogen-bond acceptors (Lipinski definition) is 3. The maximum absolute atomic E-state index is 13.4. The summed E-state index contributed by atoms with van der Waals surface area (Å²) in [6.45, 7) is 6.74. The van der Waals surface area contributed by atoms with E-state index in [4.69, 9.17) is 16.3 Å². The van der Waals surface area contributed by atoms with Gasteiger partial charge in [-0.3, -0.25) is 0 Å². The summed E-state index contributed by atoms with van der Waals surface area (Å²) in [4.78, 5) is 11.4. The lowest BCUT2D eigenvalue weighted by Crippen LogP contribution is -2.32. The molecule has 0 aromatic heterocycles. The minimum Gasteiger partial charge on any atom is -0.444 e. The van der Waals surface area contributed by atoms with E-state index in [1.807, 2.05) is 6.08 Å². The highest BCUT2D eigenvalue weighted by atomic mass is 35.5. The van der Waals surface area contributed by atoms with Crippen molar-refractivity contribution in [1.29, 1.82) is 0 Å². The molecular weight excluding hydrogens is 307 g/mol. The first-order chi connectivity index (χ1) is 10.3. The Morgan fingerprint density at radius 3 is 2.68 bits per heavy atom. The van der Waals surface area contributed by atoms with Gasteiger partial charge < -0.3 is 15.4 Å². The zero-order chi connectivity index (χ0) is 16.6. The van der Waals surface area contributed by atoms with Crippen LogP contribution in [0, 0.1) is 5.82 Å². The Balaban J connectivity index is 2.19. The molecule has 1 amide bonds. The van der Waals surface area contributed by atoms with Crippen molar-refractivity contribution in [2.24, 2.45) is 0 Å². The van der Waals surface area contributed by atoms with Gasteiger partial charge in [0.15, 0.2) is 0 Å². The maximum Gasteiger partial charge on any atom is 0.407 e. The minimum atomic E-state index is -0.504. The van der Waals surface area contributed by atoms with E-state index in [1.165, 1.54) is 12.1 Å². The molecule has 0 bridgehead atoms. The summed E-state index contributed by atoms with van der Waals surface area (Å²) in [6, 6.07) is 4.46. The van der Waals surface area contributed by atoms with Gasteiger partial charge in [0.25, 0.3) is 0 Å². The van der Waals surface area contributed by atoms with Crippen molar-refractivity contribution in [3.63, 3.8) is 0 Å². The topological polar surface area (TPSA) is 50.4 Å². The van der Waals surface area contributed by atoms with Crippen molar-refractivity contribution < 1.29 is 13.9 Å². The Hall–Kier alpha value is -1.59. The first kappa shape index (κ1) is 18.5. The van der Waals surface area contributed by atoms with E-state index in [9.17, 15) is 9.18 Å². The minimum absolute atomic E-state index is 0.285. The Kier molecular flexibility index (Phi) is 7.35. The van der Waals surface area contributed by atoms with Gasteiger partial charge in [-0.1, -0.05) is 23.8 Å². The number of ether oxygens (including phenoxy) is 1. The fourth-order valence-corrected chi connectivity index (χ4v) is 1.79. The van der Waals surface area contributed by atoms with Crippen molar-refractivity contribution in [2.45, 2.75) is 32.9 Å². The van der Waals surface area contributed by atoms with E-state index in [2.05, 4.69) is 10.6 Å². The molecule has 0 radical (unpaired) electrons. The van der Waals surface area contributed by atoms with Gasteiger partial charge in [-0.2, -0.15) is 0 Å². The number of amides is 1. The molecule has 0 aliphatic carbocycles. The second-order valence-electron chi connectivity index (χ2n) is 5.72. The van der Waals surface area contributed by atoms with Crippen LogP contribution in [0.5, 0.6) is 0 Å². The van der Waals surface area contributed by atoms with Gasteiger partial charge >= 0.3 is 6.09 Å². The van der Waals surface area contributed by atoms with E-state index in [-0.39, 0.29) is 5.82 Å². The molecule has 1 aromatic rings. The van der Waals surface area contributed by atoms with E-state index < -0.39 is 11.7 Å². The van der Waals surface area contributed by atoms with Crippen LogP contribution in [0.25, 0.3) is 0 Å². The zero-order valence-corrected chi connectivity index (χ0v) is 13.8. The molecule has 0 spiro atoms. The third-order valence-corrected chi connectivity index (χ3v) is 2.75. The van der Waals surface area contributed by atoms with Crippen LogP contribution < -0.4 is 10.6 Å². The molecular formula is C16H22ClFN2O2. The van der Waals surface area contributed by atoms with Gasteiger partial charge in [-0.25, -0.2) is 9.18 Å². The van der Waals surface area contributed by atoms with Crippen molar-refractivity contribution in [3.05, 3.63) is 46.8 Å². The van der Waals surface area contributed by atoms with E-state index >= 15 is 0 Å². The lowest BCUT2D eigenvalue weighted by molar-refractivity contribution is 0.0534. The number of benzene rings is 1. The van der Waals surface area contributed by atoms with Crippen molar-refractivity contribution in [2.75, 3.05) is 13.1 Å². The summed E-state index contributed by atoms with van der Waals surface area (Å²) in [6.07, 6.45) is 3.19. The van der Waals surface area contributed by atoms with Gasteiger partial charge in [0, 0.05) is 30.2 Å². The summed E-state index contributed by atoms with van der Waals surface area (Å²) in [5.74, 6) is -0.285. The molecule has 4 nitrogen and oxygen atoms in total. The summed E-state index contributed by atoms with van der Waals surface area (Å²) in [5, 5.41) is 6.19. The number of carbonyl (C=O) groups is 1. The SMILES string of the molecule is CC(C)(C)OC(=O)NC/C=C/CNCc1cc(Cl)ccc1F. The number of halogens is 2. The lowest BCUT2D eigenvalue weighted by Gasteiger charge is -2.19. The lowest BCUT2D eigenvalue weighted by atomic mass is 10.2. The molecule has 0 fully saturated rings. The average molecular weight is 329 g/mol. The van der Waals surface area contributed by atoms with Crippen molar-refractivity contribution in [3.8, 4) is 0 Å². The van der Waals surface area contributed by atoms with Crippen LogP contribution in [-0.2, 0) is 11.3 Å². The van der Waals surface area contributed by atoms with Crippen LogP contribution in [0.15, 0.2) is 30.4 Å². The fourth-order valence-electron chi connectivity index (χ4n) is 1.59. The third-order valence-electron chi connectivity index (χ3n) is 2.52. The normalized spacial score (nSPS) is 11.7. The Morgan fingerprint density at radius 1 is 1.32 bits per heavy atom. The highest BCUT2D eigenvalue weighted by Crippen LogP contribution is 2.14. The second kappa shape index (κ2) is 8.76. The summed E-state index contributed by atoms with van der Waals surface area (Å²) in [7, 11) is 0. The molecule has 122 valence electrons.